The summed E-state index contributed by atoms with van der Waals surface area (Å²) in [7, 11) is 0. The maximum absolute atomic E-state index is 13.6. The van der Waals surface area contributed by atoms with Crippen molar-refractivity contribution >= 4 is 29.0 Å². The van der Waals surface area contributed by atoms with Crippen LogP contribution in [0.1, 0.15) is 55.4 Å². The lowest BCUT2D eigenvalue weighted by Crippen LogP contribution is -2.51. The maximum atomic E-state index is 13.6. The lowest BCUT2D eigenvalue weighted by molar-refractivity contribution is -0.257. The van der Waals surface area contributed by atoms with Crippen molar-refractivity contribution in [2.24, 2.45) is 22.2 Å². The zero-order chi connectivity index (χ0) is 20.1. The van der Waals surface area contributed by atoms with Crippen molar-refractivity contribution in [1.29, 1.82) is 0 Å². The molecule has 0 amide bonds. The third kappa shape index (κ3) is 3.92. The molecule has 1 fully saturated rings. The number of carbonyl (C=O) groups excluding carboxylic acids is 1. The molecular weight excluding hydrogens is 371 g/mol. The normalized spacial score (nSPS) is 28.2. The Bertz CT molecular complexity index is 623. The summed E-state index contributed by atoms with van der Waals surface area (Å²) in [6, 6.07) is 0. The summed E-state index contributed by atoms with van der Waals surface area (Å²) >= 11 is 12.9. The first kappa shape index (κ1) is 21.9. The first-order valence-corrected chi connectivity index (χ1v) is 10.0. The third-order valence-electron chi connectivity index (χ3n) is 5.45. The van der Waals surface area contributed by atoms with E-state index in [4.69, 9.17) is 32.7 Å². The van der Waals surface area contributed by atoms with Gasteiger partial charge in [-0.05, 0) is 30.3 Å². The number of carbonyl (C=O) groups is 1. The van der Waals surface area contributed by atoms with Gasteiger partial charge < -0.3 is 9.47 Å². The highest BCUT2D eigenvalue weighted by molar-refractivity contribution is 6.46. The molecule has 0 bridgehead atoms. The van der Waals surface area contributed by atoms with E-state index in [9.17, 15) is 4.79 Å². The predicted molar refractivity (Wildman–Crippen MR) is 107 cm³/mol. The summed E-state index contributed by atoms with van der Waals surface area (Å²) in [5, 5.41) is 0. The fraction of sp³-hybridized carbons (Fsp3) is 0.762. The Hall–Kier alpha value is -0.350. The van der Waals surface area contributed by atoms with Crippen LogP contribution < -0.4 is 0 Å². The van der Waals surface area contributed by atoms with E-state index in [0.29, 0.717) is 13.2 Å². The Kier molecular flexibility index (Phi) is 5.84. The van der Waals surface area contributed by atoms with E-state index >= 15 is 0 Å². The zero-order valence-corrected chi connectivity index (χ0v) is 18.7. The molecule has 2 aliphatic rings. The summed E-state index contributed by atoms with van der Waals surface area (Å²) < 4.78 is 11.7. The largest absolute Gasteiger partial charge is 0.350 e. The number of ketones is 1. The topological polar surface area (TPSA) is 35.5 Å². The standard InChI is InChI=1S/C21H32Cl2O3/c1-18(2,3)15-9-13(14-11-25-20(7,8)26-12-14)10-21(16(15)24,17(22)23)19(4,5)6/h9-10,14,17H,11-12H2,1-8H3. The number of alkyl halides is 2. The second-order valence-electron chi connectivity index (χ2n) is 9.92. The van der Waals surface area contributed by atoms with Crippen LogP contribution in [0.3, 0.4) is 0 Å². The van der Waals surface area contributed by atoms with Crippen LogP contribution in [0, 0.1) is 22.2 Å². The average molecular weight is 403 g/mol. The van der Waals surface area contributed by atoms with Crippen molar-refractivity contribution in [2.75, 3.05) is 13.2 Å². The van der Waals surface area contributed by atoms with Crippen LogP contribution in [0.25, 0.3) is 0 Å². The third-order valence-corrected chi connectivity index (χ3v) is 6.14. The van der Waals surface area contributed by atoms with Gasteiger partial charge in [0.05, 0.1) is 18.6 Å². The lowest BCUT2D eigenvalue weighted by atomic mass is 9.58. The lowest BCUT2D eigenvalue weighted by Gasteiger charge is -2.47. The van der Waals surface area contributed by atoms with Gasteiger partial charge in [-0.2, -0.15) is 0 Å². The molecule has 1 unspecified atom stereocenters. The van der Waals surface area contributed by atoms with Crippen LogP contribution in [-0.2, 0) is 14.3 Å². The van der Waals surface area contributed by atoms with E-state index in [1.807, 2.05) is 67.5 Å². The highest BCUT2D eigenvalue weighted by Crippen LogP contribution is 2.54. The number of hydrogen-bond donors (Lipinski definition) is 0. The smallest absolute Gasteiger partial charge is 0.172 e. The Labute approximate surface area is 168 Å². The first-order chi connectivity index (χ1) is 11.6. The summed E-state index contributed by atoms with van der Waals surface area (Å²) in [4.78, 5) is 12.7. The molecule has 26 heavy (non-hydrogen) atoms. The Morgan fingerprint density at radius 2 is 1.58 bits per heavy atom. The molecule has 3 nitrogen and oxygen atoms in total. The molecule has 1 saturated heterocycles. The van der Waals surface area contributed by atoms with Crippen LogP contribution in [0.15, 0.2) is 23.3 Å². The van der Waals surface area contributed by atoms with Crippen molar-refractivity contribution < 1.29 is 14.3 Å². The molecule has 0 radical (unpaired) electrons. The van der Waals surface area contributed by atoms with Crippen LogP contribution >= 0.6 is 23.2 Å². The monoisotopic (exact) mass is 402 g/mol. The Morgan fingerprint density at radius 3 is 1.96 bits per heavy atom. The van der Waals surface area contributed by atoms with Gasteiger partial charge in [-0.1, -0.05) is 53.7 Å². The number of allylic oxidation sites excluding steroid dienone is 3. The molecule has 0 saturated carbocycles. The molecule has 1 atom stereocenters. The summed E-state index contributed by atoms with van der Waals surface area (Å²) in [5.41, 5.74) is 0.0257. The highest BCUT2D eigenvalue weighted by atomic mass is 35.5. The number of rotatable bonds is 2. The van der Waals surface area contributed by atoms with E-state index < -0.39 is 21.5 Å². The van der Waals surface area contributed by atoms with Gasteiger partial charge in [0.1, 0.15) is 4.84 Å². The van der Waals surface area contributed by atoms with Gasteiger partial charge >= 0.3 is 0 Å². The van der Waals surface area contributed by atoms with E-state index in [2.05, 4.69) is 0 Å². The minimum absolute atomic E-state index is 0.00854. The van der Waals surface area contributed by atoms with Gasteiger partial charge in [0.15, 0.2) is 11.6 Å². The molecular formula is C21H32Cl2O3. The van der Waals surface area contributed by atoms with Crippen molar-refractivity contribution in [3.63, 3.8) is 0 Å². The van der Waals surface area contributed by atoms with Gasteiger partial charge in [-0.15, -0.1) is 23.2 Å². The van der Waals surface area contributed by atoms with E-state index in [1.165, 1.54) is 0 Å². The highest BCUT2D eigenvalue weighted by Gasteiger charge is 2.55. The summed E-state index contributed by atoms with van der Waals surface area (Å²) in [6.07, 6.45) is 3.98. The molecule has 0 aromatic carbocycles. The molecule has 2 rings (SSSR count). The molecule has 0 aromatic rings. The van der Waals surface area contributed by atoms with Crippen LogP contribution in [0.5, 0.6) is 0 Å². The number of Topliss-reactive ketones (excluding diaryl/α,β-unsaturated/α-hetero) is 1. The molecule has 0 aromatic heterocycles. The minimum Gasteiger partial charge on any atom is -0.350 e. The summed E-state index contributed by atoms with van der Waals surface area (Å²) in [5.74, 6) is -0.530. The number of halogens is 2. The Morgan fingerprint density at radius 1 is 1.08 bits per heavy atom. The molecule has 148 valence electrons. The van der Waals surface area contributed by atoms with Crippen molar-refractivity contribution in [1.82, 2.24) is 0 Å². The summed E-state index contributed by atoms with van der Waals surface area (Å²) in [6.45, 7) is 17.1. The van der Waals surface area contributed by atoms with Crippen LogP contribution in [-0.4, -0.2) is 29.6 Å². The van der Waals surface area contributed by atoms with Crippen LogP contribution in [0.4, 0.5) is 0 Å². The predicted octanol–water partition coefficient (Wildman–Crippen LogP) is 5.70. The average Bonchev–Trinajstić information content (AvgIpc) is 2.45. The molecule has 0 N–H and O–H groups in total. The molecule has 1 heterocycles. The number of hydrogen-bond acceptors (Lipinski definition) is 3. The van der Waals surface area contributed by atoms with Crippen molar-refractivity contribution in [3.05, 3.63) is 23.3 Å². The van der Waals surface area contributed by atoms with E-state index in [0.717, 1.165) is 11.1 Å². The SMILES string of the molecule is CC1(C)OCC(C2=CC(C(Cl)Cl)(C(C)(C)C)C(=O)C(C(C)(C)C)=C2)CO1. The molecule has 5 heteroatoms. The molecule has 1 aliphatic carbocycles. The van der Waals surface area contributed by atoms with E-state index in [-0.39, 0.29) is 17.1 Å². The fourth-order valence-electron chi connectivity index (χ4n) is 3.55. The van der Waals surface area contributed by atoms with E-state index in [1.54, 1.807) is 0 Å². The molecule has 0 spiro atoms. The zero-order valence-electron chi connectivity index (χ0n) is 17.2. The molecule has 1 aliphatic heterocycles. The van der Waals surface area contributed by atoms with Gasteiger partial charge in [0, 0.05) is 11.5 Å². The number of ether oxygens (including phenoxy) is 2. The second-order valence-corrected chi connectivity index (χ2v) is 11.0. The van der Waals surface area contributed by atoms with Crippen molar-refractivity contribution in [2.45, 2.75) is 66.0 Å². The maximum Gasteiger partial charge on any atom is 0.172 e. The fourth-order valence-corrected chi connectivity index (χ4v) is 4.53. The van der Waals surface area contributed by atoms with Gasteiger partial charge in [0.25, 0.3) is 0 Å². The minimum atomic E-state index is -0.990. The van der Waals surface area contributed by atoms with Gasteiger partial charge in [-0.25, -0.2) is 0 Å². The second kappa shape index (κ2) is 6.92. The van der Waals surface area contributed by atoms with Gasteiger partial charge in [-0.3, -0.25) is 4.79 Å². The Balaban J connectivity index is 2.59. The van der Waals surface area contributed by atoms with Gasteiger partial charge in [0.2, 0.25) is 0 Å². The van der Waals surface area contributed by atoms with Crippen molar-refractivity contribution in [3.8, 4) is 0 Å². The van der Waals surface area contributed by atoms with Crippen LogP contribution in [0.2, 0.25) is 0 Å². The first-order valence-electron chi connectivity index (χ1n) is 9.17. The quantitative estimate of drug-likeness (QED) is 0.555.